The second-order valence-corrected chi connectivity index (χ2v) is 5.54. The zero-order chi connectivity index (χ0) is 14.0. The molecule has 1 heterocycles. The molecule has 2 rings (SSSR count). The first-order valence-electron chi connectivity index (χ1n) is 6.66. The van der Waals surface area contributed by atoms with Gasteiger partial charge in [0.2, 0.25) is 0 Å². The highest BCUT2D eigenvalue weighted by Crippen LogP contribution is 2.34. The minimum absolute atomic E-state index is 0.315. The summed E-state index contributed by atoms with van der Waals surface area (Å²) in [5.74, 6) is -0.720. The maximum atomic E-state index is 10.2. The van der Waals surface area contributed by atoms with E-state index in [1.807, 2.05) is 44.2 Å². The van der Waals surface area contributed by atoms with Gasteiger partial charge in [0.15, 0.2) is 5.79 Å². The van der Waals surface area contributed by atoms with Crippen LogP contribution in [0.15, 0.2) is 30.3 Å². The lowest BCUT2D eigenvalue weighted by Gasteiger charge is -2.21. The standard InChI is InChI=1S/C15H22O4/c1-10(16)14-13(18-15(2,3)19-14)9-12(17)11-7-5-4-6-8-11/h4-8,10,12-14,16-17H,9H2,1-3H3/t10-,12+,13-,14+/m0/s1. The van der Waals surface area contributed by atoms with Crippen molar-refractivity contribution in [1.29, 1.82) is 0 Å². The van der Waals surface area contributed by atoms with Gasteiger partial charge < -0.3 is 19.7 Å². The molecule has 1 fully saturated rings. The van der Waals surface area contributed by atoms with Gasteiger partial charge in [-0.15, -0.1) is 0 Å². The van der Waals surface area contributed by atoms with E-state index in [1.54, 1.807) is 6.92 Å². The second kappa shape index (κ2) is 5.59. The summed E-state index contributed by atoms with van der Waals surface area (Å²) >= 11 is 0. The fourth-order valence-electron chi connectivity index (χ4n) is 2.49. The molecule has 0 saturated carbocycles. The molecule has 2 N–H and O–H groups in total. The molecule has 0 aliphatic carbocycles. The average molecular weight is 266 g/mol. The third kappa shape index (κ3) is 3.54. The van der Waals surface area contributed by atoms with E-state index in [0.717, 1.165) is 5.56 Å². The van der Waals surface area contributed by atoms with Gasteiger partial charge in [-0.25, -0.2) is 0 Å². The smallest absolute Gasteiger partial charge is 0.163 e. The fourth-order valence-corrected chi connectivity index (χ4v) is 2.49. The predicted molar refractivity (Wildman–Crippen MR) is 71.5 cm³/mol. The van der Waals surface area contributed by atoms with E-state index in [1.165, 1.54) is 0 Å². The normalized spacial score (nSPS) is 29.1. The maximum absolute atomic E-state index is 10.2. The van der Waals surface area contributed by atoms with E-state index in [2.05, 4.69) is 0 Å². The molecular formula is C15H22O4. The van der Waals surface area contributed by atoms with Crippen molar-refractivity contribution in [3.8, 4) is 0 Å². The van der Waals surface area contributed by atoms with E-state index in [9.17, 15) is 10.2 Å². The van der Waals surface area contributed by atoms with E-state index < -0.39 is 24.1 Å². The Morgan fingerprint density at radius 1 is 1.16 bits per heavy atom. The molecule has 0 amide bonds. The predicted octanol–water partition coefficient (Wildman–Crippen LogP) is 2.01. The lowest BCUT2D eigenvalue weighted by Crippen LogP contribution is -2.34. The zero-order valence-electron chi connectivity index (χ0n) is 11.6. The van der Waals surface area contributed by atoms with Crippen molar-refractivity contribution in [3.63, 3.8) is 0 Å². The van der Waals surface area contributed by atoms with Crippen molar-refractivity contribution in [3.05, 3.63) is 35.9 Å². The van der Waals surface area contributed by atoms with E-state index >= 15 is 0 Å². The van der Waals surface area contributed by atoms with Crippen LogP contribution in [0.2, 0.25) is 0 Å². The number of rotatable bonds is 4. The van der Waals surface area contributed by atoms with Gasteiger partial charge in [0.25, 0.3) is 0 Å². The highest BCUT2D eigenvalue weighted by atomic mass is 16.8. The fraction of sp³-hybridized carbons (Fsp3) is 0.600. The molecule has 1 aliphatic rings. The van der Waals surface area contributed by atoms with Crippen LogP contribution < -0.4 is 0 Å². The summed E-state index contributed by atoms with van der Waals surface area (Å²) < 4.78 is 11.4. The van der Waals surface area contributed by atoms with Crippen molar-refractivity contribution in [2.45, 2.75) is 57.4 Å². The van der Waals surface area contributed by atoms with Crippen LogP contribution in [0.25, 0.3) is 0 Å². The summed E-state index contributed by atoms with van der Waals surface area (Å²) in [6.07, 6.45) is -1.57. The summed E-state index contributed by atoms with van der Waals surface area (Å²) in [6, 6.07) is 9.44. The van der Waals surface area contributed by atoms with Crippen LogP contribution >= 0.6 is 0 Å². The number of ether oxygens (including phenoxy) is 2. The minimum Gasteiger partial charge on any atom is -0.391 e. The number of aliphatic hydroxyl groups is 2. The zero-order valence-corrected chi connectivity index (χ0v) is 11.6. The first-order chi connectivity index (χ1) is 8.89. The number of benzene rings is 1. The average Bonchev–Trinajstić information content (AvgIpc) is 2.65. The first-order valence-corrected chi connectivity index (χ1v) is 6.66. The third-order valence-corrected chi connectivity index (χ3v) is 3.34. The van der Waals surface area contributed by atoms with Gasteiger partial charge in [-0.2, -0.15) is 0 Å². The first kappa shape index (κ1) is 14.5. The van der Waals surface area contributed by atoms with E-state index in [4.69, 9.17) is 9.47 Å². The molecule has 0 aromatic heterocycles. The van der Waals surface area contributed by atoms with Crippen LogP contribution in [0.5, 0.6) is 0 Å². The quantitative estimate of drug-likeness (QED) is 0.875. The largest absolute Gasteiger partial charge is 0.391 e. The molecule has 106 valence electrons. The Morgan fingerprint density at radius 2 is 1.79 bits per heavy atom. The summed E-state index contributed by atoms with van der Waals surface area (Å²) in [5, 5.41) is 20.0. The third-order valence-electron chi connectivity index (χ3n) is 3.34. The van der Waals surface area contributed by atoms with Crippen LogP contribution in [0, 0.1) is 0 Å². The molecule has 1 saturated heterocycles. The van der Waals surface area contributed by atoms with Crippen LogP contribution in [0.3, 0.4) is 0 Å². The topological polar surface area (TPSA) is 58.9 Å². The Morgan fingerprint density at radius 3 is 2.37 bits per heavy atom. The van der Waals surface area contributed by atoms with Gasteiger partial charge >= 0.3 is 0 Å². The number of hydrogen-bond acceptors (Lipinski definition) is 4. The number of aliphatic hydroxyl groups excluding tert-OH is 2. The summed E-state index contributed by atoms with van der Waals surface area (Å²) in [4.78, 5) is 0. The molecule has 1 aromatic rings. The van der Waals surface area contributed by atoms with Gasteiger partial charge in [-0.1, -0.05) is 30.3 Å². The molecule has 0 spiro atoms. The summed E-state index contributed by atoms with van der Waals surface area (Å²) in [6.45, 7) is 5.31. The van der Waals surface area contributed by atoms with Crippen molar-refractivity contribution < 1.29 is 19.7 Å². The lowest BCUT2D eigenvalue weighted by molar-refractivity contribution is -0.155. The monoisotopic (exact) mass is 266 g/mol. The highest BCUT2D eigenvalue weighted by Gasteiger charge is 2.44. The molecule has 0 radical (unpaired) electrons. The maximum Gasteiger partial charge on any atom is 0.163 e. The summed E-state index contributed by atoms with van der Waals surface area (Å²) in [7, 11) is 0. The molecule has 4 nitrogen and oxygen atoms in total. The Kier molecular flexibility index (Phi) is 4.26. The molecule has 4 heteroatoms. The Balaban J connectivity index is 2.05. The highest BCUT2D eigenvalue weighted by molar-refractivity contribution is 5.17. The Labute approximate surface area is 114 Å². The van der Waals surface area contributed by atoms with Crippen molar-refractivity contribution in [1.82, 2.24) is 0 Å². The van der Waals surface area contributed by atoms with Crippen molar-refractivity contribution >= 4 is 0 Å². The van der Waals surface area contributed by atoms with Crippen LogP contribution in [0.1, 0.15) is 38.9 Å². The van der Waals surface area contributed by atoms with Gasteiger partial charge in [0.05, 0.1) is 18.3 Å². The van der Waals surface area contributed by atoms with Crippen molar-refractivity contribution in [2.75, 3.05) is 0 Å². The van der Waals surface area contributed by atoms with Gasteiger partial charge in [0.1, 0.15) is 6.10 Å². The lowest BCUT2D eigenvalue weighted by atomic mass is 9.99. The van der Waals surface area contributed by atoms with Gasteiger partial charge in [0, 0.05) is 6.42 Å². The van der Waals surface area contributed by atoms with Gasteiger partial charge in [-0.05, 0) is 26.3 Å². The molecule has 0 unspecified atom stereocenters. The molecular weight excluding hydrogens is 244 g/mol. The van der Waals surface area contributed by atoms with Crippen LogP contribution in [-0.4, -0.2) is 34.3 Å². The summed E-state index contributed by atoms with van der Waals surface area (Å²) in [5.41, 5.74) is 0.847. The SMILES string of the molecule is C[C@H](O)[C@H]1OC(C)(C)O[C@H]1C[C@@H](O)c1ccccc1. The molecule has 19 heavy (non-hydrogen) atoms. The Bertz CT molecular complexity index is 402. The van der Waals surface area contributed by atoms with Crippen molar-refractivity contribution in [2.24, 2.45) is 0 Å². The second-order valence-electron chi connectivity index (χ2n) is 5.54. The van der Waals surface area contributed by atoms with E-state index in [-0.39, 0.29) is 6.10 Å². The minimum atomic E-state index is -0.720. The van der Waals surface area contributed by atoms with E-state index in [0.29, 0.717) is 6.42 Å². The molecule has 1 aliphatic heterocycles. The molecule has 4 atom stereocenters. The van der Waals surface area contributed by atoms with Crippen LogP contribution in [-0.2, 0) is 9.47 Å². The molecule has 1 aromatic carbocycles. The van der Waals surface area contributed by atoms with Gasteiger partial charge in [-0.3, -0.25) is 0 Å². The molecule has 0 bridgehead atoms. The van der Waals surface area contributed by atoms with Crippen LogP contribution in [0.4, 0.5) is 0 Å². The number of hydrogen-bond donors (Lipinski definition) is 2. The Hall–Kier alpha value is -0.940.